The van der Waals surface area contributed by atoms with Crippen molar-refractivity contribution >= 4 is 23.3 Å². The number of carbonyl (C=O) groups excluding carboxylic acids is 2. The summed E-state index contributed by atoms with van der Waals surface area (Å²) in [6.07, 6.45) is 1.76. The van der Waals surface area contributed by atoms with E-state index in [2.05, 4.69) is 20.2 Å². The van der Waals surface area contributed by atoms with Crippen LogP contribution in [0.4, 0.5) is 11.5 Å². The highest BCUT2D eigenvalue weighted by molar-refractivity contribution is 6.05. The van der Waals surface area contributed by atoms with Gasteiger partial charge in [-0.05, 0) is 55.8 Å². The van der Waals surface area contributed by atoms with E-state index in [1.54, 1.807) is 13.1 Å². The second-order valence-corrected chi connectivity index (χ2v) is 7.99. The molecule has 0 saturated carbocycles. The maximum Gasteiger partial charge on any atom is 0.257 e. The fraction of sp³-hybridized carbons (Fsp3) is 0.280. The average Bonchev–Trinajstić information content (AvgIpc) is 2.80. The number of carbonyl (C=O) groups is 2. The molecule has 1 aliphatic heterocycles. The van der Waals surface area contributed by atoms with Crippen LogP contribution in [0.15, 0.2) is 54.7 Å². The van der Waals surface area contributed by atoms with Crippen LogP contribution in [0.3, 0.4) is 0 Å². The third-order valence-electron chi connectivity index (χ3n) is 5.80. The van der Waals surface area contributed by atoms with Crippen LogP contribution in [-0.2, 0) is 4.79 Å². The Hall–Kier alpha value is -3.74. The van der Waals surface area contributed by atoms with Crippen molar-refractivity contribution in [1.82, 2.24) is 14.9 Å². The van der Waals surface area contributed by atoms with Gasteiger partial charge in [0.15, 0.2) is 0 Å². The number of rotatable bonds is 4. The lowest BCUT2D eigenvalue weighted by molar-refractivity contribution is -0.129. The van der Waals surface area contributed by atoms with Crippen LogP contribution in [-0.4, -0.2) is 52.9 Å². The minimum atomic E-state index is -0.196. The molecule has 3 aromatic rings. The lowest BCUT2D eigenvalue weighted by atomic mass is 10.0. The fourth-order valence-electron chi connectivity index (χ4n) is 3.91. The number of benzene rings is 1. The van der Waals surface area contributed by atoms with Crippen LogP contribution in [0.1, 0.15) is 28.5 Å². The zero-order chi connectivity index (χ0) is 22.7. The van der Waals surface area contributed by atoms with Gasteiger partial charge in [-0.3, -0.25) is 14.6 Å². The van der Waals surface area contributed by atoms with Gasteiger partial charge in [0.2, 0.25) is 5.91 Å². The summed E-state index contributed by atoms with van der Waals surface area (Å²) in [7, 11) is 0. The summed E-state index contributed by atoms with van der Waals surface area (Å²) in [6, 6.07) is 15.3. The van der Waals surface area contributed by atoms with Gasteiger partial charge in [-0.2, -0.15) is 0 Å². The lowest BCUT2D eigenvalue weighted by Gasteiger charge is -2.35. The molecular formula is C25H27N5O2. The number of pyridine rings is 2. The summed E-state index contributed by atoms with van der Waals surface area (Å²) in [5.74, 6) is 0.733. The molecule has 1 N–H and O–H groups in total. The standard InChI is InChI=1S/C25H27N5O2/c1-17-7-8-20(16-22(17)23-6-4-5-11-26-23)28-25(32)21-9-10-24(27-18(21)2)30-14-12-29(13-15-30)19(3)31/h4-11,16H,12-15H2,1-3H3,(H,28,32). The molecule has 1 aromatic carbocycles. The Morgan fingerprint density at radius 2 is 1.75 bits per heavy atom. The first kappa shape index (κ1) is 21.5. The number of aryl methyl sites for hydroxylation is 2. The molecule has 32 heavy (non-hydrogen) atoms. The summed E-state index contributed by atoms with van der Waals surface area (Å²) in [4.78, 5) is 37.5. The molecular weight excluding hydrogens is 402 g/mol. The highest BCUT2D eigenvalue weighted by Gasteiger charge is 2.21. The van der Waals surface area contributed by atoms with Crippen molar-refractivity contribution in [3.63, 3.8) is 0 Å². The molecule has 1 saturated heterocycles. The summed E-state index contributed by atoms with van der Waals surface area (Å²) in [5.41, 5.74) is 4.87. The van der Waals surface area contributed by atoms with Crippen molar-refractivity contribution in [2.24, 2.45) is 0 Å². The minimum Gasteiger partial charge on any atom is -0.353 e. The highest BCUT2D eigenvalue weighted by atomic mass is 16.2. The third-order valence-corrected chi connectivity index (χ3v) is 5.80. The second-order valence-electron chi connectivity index (χ2n) is 7.99. The Bertz CT molecular complexity index is 1140. The predicted molar refractivity (Wildman–Crippen MR) is 126 cm³/mol. The van der Waals surface area contributed by atoms with E-state index in [1.165, 1.54) is 0 Å². The Morgan fingerprint density at radius 1 is 0.969 bits per heavy atom. The topological polar surface area (TPSA) is 78.4 Å². The van der Waals surface area contributed by atoms with Gasteiger partial charge in [0.05, 0.1) is 17.0 Å². The van der Waals surface area contributed by atoms with Gasteiger partial charge in [0.1, 0.15) is 5.82 Å². The average molecular weight is 430 g/mol. The first-order valence-electron chi connectivity index (χ1n) is 10.7. The number of hydrogen-bond acceptors (Lipinski definition) is 5. The van der Waals surface area contributed by atoms with Gasteiger partial charge in [-0.15, -0.1) is 0 Å². The van der Waals surface area contributed by atoms with Crippen molar-refractivity contribution in [3.05, 3.63) is 71.5 Å². The number of aromatic nitrogens is 2. The van der Waals surface area contributed by atoms with Gasteiger partial charge >= 0.3 is 0 Å². The Balaban J connectivity index is 1.48. The van der Waals surface area contributed by atoms with Crippen molar-refractivity contribution in [2.75, 3.05) is 36.4 Å². The quantitative estimate of drug-likeness (QED) is 0.685. The van der Waals surface area contributed by atoms with Crippen LogP contribution in [0.2, 0.25) is 0 Å². The van der Waals surface area contributed by atoms with E-state index < -0.39 is 0 Å². The molecule has 1 fully saturated rings. The van der Waals surface area contributed by atoms with Crippen molar-refractivity contribution in [1.29, 1.82) is 0 Å². The van der Waals surface area contributed by atoms with Gasteiger partial charge in [0.25, 0.3) is 5.91 Å². The second kappa shape index (κ2) is 9.18. The molecule has 7 heteroatoms. The fourth-order valence-corrected chi connectivity index (χ4v) is 3.91. The highest BCUT2D eigenvalue weighted by Crippen LogP contribution is 2.25. The van der Waals surface area contributed by atoms with E-state index in [-0.39, 0.29) is 11.8 Å². The summed E-state index contributed by atoms with van der Waals surface area (Å²) >= 11 is 0. The molecule has 0 radical (unpaired) electrons. The van der Waals surface area contributed by atoms with Crippen LogP contribution >= 0.6 is 0 Å². The smallest absolute Gasteiger partial charge is 0.257 e. The van der Waals surface area contributed by atoms with Gasteiger partial charge in [-0.25, -0.2) is 4.98 Å². The maximum atomic E-state index is 12.9. The number of piperazine rings is 1. The number of nitrogens with zero attached hydrogens (tertiary/aromatic N) is 4. The van der Waals surface area contributed by atoms with Gasteiger partial charge < -0.3 is 15.1 Å². The van der Waals surface area contributed by atoms with E-state index in [4.69, 9.17) is 0 Å². The molecule has 0 bridgehead atoms. The van der Waals surface area contributed by atoms with E-state index in [0.29, 0.717) is 30.0 Å². The van der Waals surface area contributed by atoms with Crippen LogP contribution in [0.5, 0.6) is 0 Å². The van der Waals surface area contributed by atoms with E-state index in [9.17, 15) is 9.59 Å². The third kappa shape index (κ3) is 4.61. The molecule has 1 aliphatic rings. The summed E-state index contributed by atoms with van der Waals surface area (Å²) in [5, 5.41) is 2.99. The van der Waals surface area contributed by atoms with Crippen LogP contribution in [0.25, 0.3) is 11.3 Å². The van der Waals surface area contributed by atoms with Crippen LogP contribution < -0.4 is 10.2 Å². The van der Waals surface area contributed by atoms with Crippen molar-refractivity contribution in [2.45, 2.75) is 20.8 Å². The molecule has 164 valence electrons. The Kier molecular flexibility index (Phi) is 6.16. The SMILES string of the molecule is CC(=O)N1CCN(c2ccc(C(=O)Nc3ccc(C)c(-c4ccccn4)c3)c(C)n2)CC1. The zero-order valence-corrected chi connectivity index (χ0v) is 18.6. The number of amides is 2. The van der Waals surface area contributed by atoms with Gasteiger partial charge in [0, 0.05) is 50.6 Å². The first-order chi connectivity index (χ1) is 15.4. The molecule has 0 aliphatic carbocycles. The molecule has 3 heterocycles. The number of anilines is 2. The zero-order valence-electron chi connectivity index (χ0n) is 18.6. The summed E-state index contributed by atoms with van der Waals surface area (Å²) in [6.45, 7) is 8.30. The van der Waals surface area contributed by atoms with Crippen LogP contribution in [0, 0.1) is 13.8 Å². The first-order valence-corrected chi connectivity index (χ1v) is 10.7. The Morgan fingerprint density at radius 3 is 2.41 bits per heavy atom. The van der Waals surface area contributed by atoms with E-state index in [0.717, 1.165) is 35.7 Å². The van der Waals surface area contributed by atoms with E-state index in [1.807, 2.05) is 67.3 Å². The van der Waals surface area contributed by atoms with Crippen molar-refractivity contribution < 1.29 is 9.59 Å². The number of hydrogen-bond donors (Lipinski definition) is 1. The molecule has 4 rings (SSSR count). The molecule has 2 amide bonds. The largest absolute Gasteiger partial charge is 0.353 e. The van der Waals surface area contributed by atoms with Crippen molar-refractivity contribution in [3.8, 4) is 11.3 Å². The predicted octanol–water partition coefficient (Wildman–Crippen LogP) is 3.68. The lowest BCUT2D eigenvalue weighted by Crippen LogP contribution is -2.48. The maximum absolute atomic E-state index is 12.9. The monoisotopic (exact) mass is 429 g/mol. The van der Waals surface area contributed by atoms with E-state index >= 15 is 0 Å². The summed E-state index contributed by atoms with van der Waals surface area (Å²) < 4.78 is 0. The molecule has 0 unspecified atom stereocenters. The minimum absolute atomic E-state index is 0.100. The number of nitrogens with one attached hydrogen (secondary N) is 1. The van der Waals surface area contributed by atoms with Gasteiger partial charge in [-0.1, -0.05) is 12.1 Å². The molecule has 0 atom stereocenters. The Labute approximate surface area is 188 Å². The normalized spacial score (nSPS) is 13.7. The molecule has 0 spiro atoms. The molecule has 7 nitrogen and oxygen atoms in total. The molecule has 2 aromatic heterocycles.